The number of aromatic nitrogens is 3. The fourth-order valence-electron chi connectivity index (χ4n) is 2.67. The molecule has 29 heavy (non-hydrogen) atoms. The van der Waals surface area contributed by atoms with Crippen LogP contribution in [0.1, 0.15) is 11.3 Å². The van der Waals surface area contributed by atoms with Crippen molar-refractivity contribution in [2.24, 2.45) is 0 Å². The van der Waals surface area contributed by atoms with E-state index < -0.39 is 0 Å². The Kier molecular flexibility index (Phi) is 5.35. The maximum atomic E-state index is 12.4. The van der Waals surface area contributed by atoms with Gasteiger partial charge in [0.15, 0.2) is 6.61 Å². The molecule has 0 spiro atoms. The monoisotopic (exact) mass is 406 g/mol. The van der Waals surface area contributed by atoms with Crippen molar-refractivity contribution >= 4 is 22.2 Å². The second kappa shape index (κ2) is 8.24. The van der Waals surface area contributed by atoms with Crippen LogP contribution in [0.5, 0.6) is 5.75 Å². The largest absolute Gasteiger partial charge is 0.484 e. The van der Waals surface area contributed by atoms with Crippen molar-refractivity contribution in [1.29, 1.82) is 0 Å². The third-order valence-corrected chi connectivity index (χ3v) is 5.13. The van der Waals surface area contributed by atoms with Crippen LogP contribution in [0.4, 0.5) is 0 Å². The van der Waals surface area contributed by atoms with Crippen LogP contribution in [0.15, 0.2) is 65.5 Å². The van der Waals surface area contributed by atoms with Gasteiger partial charge in [0.2, 0.25) is 4.96 Å². The molecule has 1 amide bonds. The summed E-state index contributed by atoms with van der Waals surface area (Å²) in [6.45, 7) is 2.01. The number of hydrogen-bond donors (Lipinski definition) is 1. The molecule has 0 unspecified atom stereocenters. The molecule has 0 aliphatic heterocycles. The molecule has 2 aromatic carbocycles. The second-order valence-corrected chi connectivity index (χ2v) is 7.39. The number of nitrogens with zero attached hydrogens (tertiary/aromatic N) is 3. The molecule has 8 heteroatoms. The summed E-state index contributed by atoms with van der Waals surface area (Å²) in [4.78, 5) is 29.3. The van der Waals surface area contributed by atoms with Gasteiger partial charge in [-0.15, -0.1) is 0 Å². The lowest BCUT2D eigenvalue weighted by Crippen LogP contribution is -2.29. The Hall–Kier alpha value is -3.52. The normalized spacial score (nSPS) is 10.8. The molecule has 0 bridgehead atoms. The van der Waals surface area contributed by atoms with Crippen LogP contribution in [0.3, 0.4) is 0 Å². The van der Waals surface area contributed by atoms with Crippen LogP contribution in [0.2, 0.25) is 0 Å². The first-order valence-corrected chi connectivity index (χ1v) is 9.81. The van der Waals surface area contributed by atoms with Crippen LogP contribution >= 0.6 is 11.3 Å². The van der Waals surface area contributed by atoms with Gasteiger partial charge in [0, 0.05) is 11.6 Å². The molecule has 7 nitrogen and oxygen atoms in total. The van der Waals surface area contributed by atoms with Gasteiger partial charge in [-0.25, -0.2) is 4.98 Å². The molecule has 0 radical (unpaired) electrons. The van der Waals surface area contributed by atoms with Crippen molar-refractivity contribution < 1.29 is 9.53 Å². The molecule has 2 heterocycles. The first-order valence-electron chi connectivity index (χ1n) is 9.00. The number of hydrogen-bond acceptors (Lipinski definition) is 6. The summed E-state index contributed by atoms with van der Waals surface area (Å²) in [6.07, 6.45) is 0. The smallest absolute Gasteiger partial charge is 0.275 e. The van der Waals surface area contributed by atoms with Gasteiger partial charge in [-0.3, -0.25) is 9.59 Å². The number of benzene rings is 2. The average Bonchev–Trinajstić information content (AvgIpc) is 3.17. The third kappa shape index (κ3) is 4.49. The Morgan fingerprint density at radius 2 is 1.90 bits per heavy atom. The minimum atomic E-state index is -0.290. The first-order chi connectivity index (χ1) is 14.1. The fraction of sp³-hybridized carbons (Fsp3) is 0.143. The molecule has 146 valence electrons. The van der Waals surface area contributed by atoms with E-state index in [1.807, 2.05) is 61.5 Å². The van der Waals surface area contributed by atoms with E-state index >= 15 is 0 Å². The quantitative estimate of drug-likeness (QED) is 0.532. The van der Waals surface area contributed by atoms with Crippen molar-refractivity contribution in [3.8, 4) is 16.3 Å². The lowest BCUT2D eigenvalue weighted by molar-refractivity contribution is -0.123. The average molecular weight is 406 g/mol. The summed E-state index contributed by atoms with van der Waals surface area (Å²) in [6, 6.07) is 18.4. The lowest BCUT2D eigenvalue weighted by atomic mass is 10.2. The van der Waals surface area contributed by atoms with E-state index in [-0.39, 0.29) is 24.6 Å². The summed E-state index contributed by atoms with van der Waals surface area (Å²) in [5.74, 6) is 0.337. The summed E-state index contributed by atoms with van der Waals surface area (Å²) in [5.41, 5.74) is 2.23. The zero-order valence-corrected chi connectivity index (χ0v) is 16.5. The van der Waals surface area contributed by atoms with E-state index in [0.29, 0.717) is 21.4 Å². The number of aryl methyl sites for hydroxylation is 1. The molecule has 0 aliphatic carbocycles. The van der Waals surface area contributed by atoms with Crippen molar-refractivity contribution in [3.05, 3.63) is 82.3 Å². The molecule has 4 aromatic rings. The predicted molar refractivity (Wildman–Crippen MR) is 111 cm³/mol. The second-order valence-electron chi connectivity index (χ2n) is 6.43. The van der Waals surface area contributed by atoms with Gasteiger partial charge >= 0.3 is 0 Å². The SMILES string of the molecule is Cc1ccc(OCC(=O)NCc2cc(=O)n3nc(-c4ccccc4)sc3n2)cc1. The highest BCUT2D eigenvalue weighted by molar-refractivity contribution is 7.19. The molecular formula is C21H18N4O3S. The van der Waals surface area contributed by atoms with E-state index in [2.05, 4.69) is 15.4 Å². The van der Waals surface area contributed by atoms with Crippen molar-refractivity contribution in [3.63, 3.8) is 0 Å². The van der Waals surface area contributed by atoms with E-state index in [4.69, 9.17) is 4.74 Å². The van der Waals surface area contributed by atoms with Gasteiger partial charge in [0.1, 0.15) is 10.8 Å². The molecule has 0 aliphatic rings. The van der Waals surface area contributed by atoms with Gasteiger partial charge in [0.05, 0.1) is 12.2 Å². The molecule has 0 saturated carbocycles. The Morgan fingerprint density at radius 1 is 1.14 bits per heavy atom. The van der Waals surface area contributed by atoms with E-state index in [9.17, 15) is 9.59 Å². The summed E-state index contributed by atoms with van der Waals surface area (Å²) >= 11 is 1.32. The highest BCUT2D eigenvalue weighted by atomic mass is 32.1. The van der Waals surface area contributed by atoms with Crippen LogP contribution in [-0.2, 0) is 11.3 Å². The highest BCUT2D eigenvalue weighted by Gasteiger charge is 2.11. The number of carbonyl (C=O) groups excluding carboxylic acids is 1. The molecule has 0 saturated heterocycles. The fourth-order valence-corrected chi connectivity index (χ4v) is 3.60. The maximum Gasteiger partial charge on any atom is 0.275 e. The molecule has 0 atom stereocenters. The number of ether oxygens (including phenoxy) is 1. The zero-order valence-electron chi connectivity index (χ0n) is 15.7. The molecule has 1 N–H and O–H groups in total. The Bertz CT molecular complexity index is 1200. The topological polar surface area (TPSA) is 85.6 Å². The molecule has 2 aromatic heterocycles. The first kappa shape index (κ1) is 18.8. The number of rotatable bonds is 6. The number of fused-ring (bicyclic) bond motifs is 1. The minimum absolute atomic E-state index is 0.108. The Morgan fingerprint density at radius 3 is 2.66 bits per heavy atom. The molecule has 0 fully saturated rings. The highest BCUT2D eigenvalue weighted by Crippen LogP contribution is 2.23. The van der Waals surface area contributed by atoms with Gasteiger partial charge in [-0.1, -0.05) is 59.4 Å². The van der Waals surface area contributed by atoms with Crippen LogP contribution in [-0.4, -0.2) is 27.1 Å². The van der Waals surface area contributed by atoms with E-state index in [1.165, 1.54) is 21.9 Å². The summed E-state index contributed by atoms with van der Waals surface area (Å²) in [7, 11) is 0. The zero-order chi connectivity index (χ0) is 20.2. The van der Waals surface area contributed by atoms with Crippen molar-refractivity contribution in [2.45, 2.75) is 13.5 Å². The van der Waals surface area contributed by atoms with Crippen molar-refractivity contribution in [2.75, 3.05) is 6.61 Å². The van der Waals surface area contributed by atoms with E-state index in [0.717, 1.165) is 11.1 Å². The number of amides is 1. The van der Waals surface area contributed by atoms with Gasteiger partial charge < -0.3 is 10.1 Å². The van der Waals surface area contributed by atoms with Gasteiger partial charge in [0.25, 0.3) is 11.5 Å². The number of nitrogens with one attached hydrogen (secondary N) is 1. The van der Waals surface area contributed by atoms with Crippen LogP contribution < -0.4 is 15.6 Å². The van der Waals surface area contributed by atoms with Gasteiger partial charge in [-0.05, 0) is 19.1 Å². The van der Waals surface area contributed by atoms with Gasteiger partial charge in [-0.2, -0.15) is 9.61 Å². The predicted octanol–water partition coefficient (Wildman–Crippen LogP) is 2.82. The molecule has 4 rings (SSSR count). The molecular weight excluding hydrogens is 388 g/mol. The summed E-state index contributed by atoms with van der Waals surface area (Å²) < 4.78 is 6.73. The third-order valence-electron chi connectivity index (χ3n) is 4.18. The number of carbonyl (C=O) groups is 1. The maximum absolute atomic E-state index is 12.4. The minimum Gasteiger partial charge on any atom is -0.484 e. The summed E-state index contributed by atoms with van der Waals surface area (Å²) in [5, 5.41) is 7.77. The van der Waals surface area contributed by atoms with Crippen LogP contribution in [0, 0.1) is 6.92 Å². The standard InChI is InChI=1S/C21H18N4O3S/c1-14-7-9-17(10-8-14)28-13-18(26)22-12-16-11-19(27)25-21(23-16)29-20(24-25)15-5-3-2-4-6-15/h2-11H,12-13H2,1H3,(H,22,26). The van der Waals surface area contributed by atoms with Crippen LogP contribution in [0.25, 0.3) is 15.5 Å². The van der Waals surface area contributed by atoms with Crippen molar-refractivity contribution in [1.82, 2.24) is 19.9 Å². The Labute approximate surface area is 170 Å². The van der Waals surface area contributed by atoms with E-state index in [1.54, 1.807) is 0 Å². The Balaban J connectivity index is 1.42. The lowest BCUT2D eigenvalue weighted by Gasteiger charge is -2.07.